The predicted octanol–water partition coefficient (Wildman–Crippen LogP) is 3.84. The summed E-state index contributed by atoms with van der Waals surface area (Å²) < 4.78 is 10.2. The number of hydrogen-bond acceptors (Lipinski definition) is 8. The summed E-state index contributed by atoms with van der Waals surface area (Å²) in [6.45, 7) is 3.51. The first-order valence-electron chi connectivity index (χ1n) is 11.7. The molecule has 0 saturated heterocycles. The number of phenolic OH excluding ortho intramolecular Hbond substituents is 2. The SMILES string of the molecule is COc1cc(/C(C)=N/NC(=O)CCCCCCC(=O)N/N=C(\C)c2ccc(O)c(OC)c2)ccc1O. The van der Waals surface area contributed by atoms with Crippen LogP contribution in [0.25, 0.3) is 0 Å². The van der Waals surface area contributed by atoms with Gasteiger partial charge in [-0.1, -0.05) is 12.8 Å². The lowest BCUT2D eigenvalue weighted by atomic mass is 10.1. The fourth-order valence-electron chi connectivity index (χ4n) is 3.26. The van der Waals surface area contributed by atoms with Crippen LogP contribution >= 0.6 is 0 Å². The van der Waals surface area contributed by atoms with Gasteiger partial charge in [0, 0.05) is 24.0 Å². The quantitative estimate of drug-likeness (QED) is 0.188. The van der Waals surface area contributed by atoms with Gasteiger partial charge in [0.1, 0.15) is 0 Å². The molecular formula is C26H34N4O6. The van der Waals surface area contributed by atoms with Gasteiger partial charge >= 0.3 is 0 Å². The van der Waals surface area contributed by atoms with E-state index in [1.165, 1.54) is 26.4 Å². The maximum Gasteiger partial charge on any atom is 0.240 e. The molecule has 2 amide bonds. The molecule has 0 radical (unpaired) electrons. The number of hydrazone groups is 2. The largest absolute Gasteiger partial charge is 0.504 e. The molecular weight excluding hydrogens is 464 g/mol. The van der Waals surface area contributed by atoms with Crippen molar-refractivity contribution in [3.8, 4) is 23.0 Å². The van der Waals surface area contributed by atoms with Crippen LogP contribution in [-0.2, 0) is 9.59 Å². The number of unbranched alkanes of at least 4 members (excludes halogenated alkanes) is 3. The molecule has 10 nitrogen and oxygen atoms in total. The highest BCUT2D eigenvalue weighted by Crippen LogP contribution is 2.27. The summed E-state index contributed by atoms with van der Waals surface area (Å²) in [5, 5.41) is 27.5. The molecule has 0 aliphatic carbocycles. The van der Waals surface area contributed by atoms with Crippen LogP contribution in [-0.4, -0.2) is 47.7 Å². The highest BCUT2D eigenvalue weighted by atomic mass is 16.5. The number of carbonyl (C=O) groups excluding carboxylic acids is 2. The van der Waals surface area contributed by atoms with Gasteiger partial charge in [-0.25, -0.2) is 10.9 Å². The van der Waals surface area contributed by atoms with E-state index < -0.39 is 0 Å². The first-order chi connectivity index (χ1) is 17.2. The number of ether oxygens (including phenoxy) is 2. The van der Waals surface area contributed by atoms with Crippen molar-refractivity contribution >= 4 is 23.2 Å². The van der Waals surface area contributed by atoms with Crippen molar-refractivity contribution in [3.63, 3.8) is 0 Å². The summed E-state index contributed by atoms with van der Waals surface area (Å²) in [5.74, 6) is 0.369. The Morgan fingerprint density at radius 2 is 1.11 bits per heavy atom. The van der Waals surface area contributed by atoms with Crippen LogP contribution in [0.15, 0.2) is 46.6 Å². The molecule has 0 spiro atoms. The number of aromatic hydroxyl groups is 2. The Morgan fingerprint density at radius 1 is 0.722 bits per heavy atom. The summed E-state index contributed by atoms with van der Waals surface area (Å²) in [5.41, 5.74) is 7.72. The van der Waals surface area contributed by atoms with E-state index in [1.807, 2.05) is 0 Å². The fraction of sp³-hybridized carbons (Fsp3) is 0.385. The van der Waals surface area contributed by atoms with Crippen LogP contribution in [0.5, 0.6) is 23.0 Å². The van der Waals surface area contributed by atoms with Crippen molar-refractivity contribution < 1.29 is 29.3 Å². The molecule has 0 atom stereocenters. The van der Waals surface area contributed by atoms with Crippen LogP contribution in [0.3, 0.4) is 0 Å². The molecule has 2 aromatic carbocycles. The highest BCUT2D eigenvalue weighted by Gasteiger charge is 2.08. The zero-order valence-corrected chi connectivity index (χ0v) is 21.1. The van der Waals surface area contributed by atoms with Gasteiger partial charge in [-0.2, -0.15) is 10.2 Å². The Kier molecular flexibility index (Phi) is 11.2. The van der Waals surface area contributed by atoms with Crippen molar-refractivity contribution in [1.29, 1.82) is 0 Å². The van der Waals surface area contributed by atoms with Crippen molar-refractivity contribution in [3.05, 3.63) is 47.5 Å². The molecule has 0 aliphatic rings. The smallest absolute Gasteiger partial charge is 0.240 e. The number of carbonyl (C=O) groups is 2. The Hall–Kier alpha value is -4.08. The van der Waals surface area contributed by atoms with Gasteiger partial charge < -0.3 is 19.7 Å². The van der Waals surface area contributed by atoms with Crippen molar-refractivity contribution in [2.24, 2.45) is 10.2 Å². The Bertz CT molecular complexity index is 1030. The number of phenols is 2. The van der Waals surface area contributed by atoms with Crippen LogP contribution in [0, 0.1) is 0 Å². The topological polar surface area (TPSA) is 142 Å². The monoisotopic (exact) mass is 498 g/mol. The van der Waals surface area contributed by atoms with Crippen LogP contribution in [0.1, 0.15) is 63.5 Å². The van der Waals surface area contributed by atoms with Gasteiger partial charge in [-0.05, 0) is 63.1 Å². The molecule has 4 N–H and O–H groups in total. The summed E-state index contributed by atoms with van der Waals surface area (Å²) in [7, 11) is 2.93. The van der Waals surface area contributed by atoms with Gasteiger partial charge in [-0.3, -0.25) is 9.59 Å². The molecule has 2 rings (SSSR count). The maximum atomic E-state index is 12.0. The van der Waals surface area contributed by atoms with Crippen LogP contribution < -0.4 is 20.3 Å². The molecule has 10 heteroatoms. The van der Waals surface area contributed by atoms with E-state index in [4.69, 9.17) is 9.47 Å². The number of nitrogens with one attached hydrogen (secondary N) is 2. The van der Waals surface area contributed by atoms with E-state index in [9.17, 15) is 19.8 Å². The minimum atomic E-state index is -0.187. The first-order valence-corrected chi connectivity index (χ1v) is 11.7. The molecule has 0 aromatic heterocycles. The molecule has 2 aromatic rings. The Morgan fingerprint density at radius 3 is 1.47 bits per heavy atom. The molecule has 36 heavy (non-hydrogen) atoms. The lowest BCUT2D eigenvalue weighted by molar-refractivity contribution is -0.122. The average Bonchev–Trinajstić information content (AvgIpc) is 2.88. The number of benzene rings is 2. The summed E-state index contributed by atoms with van der Waals surface area (Å²) in [6.07, 6.45) is 3.68. The molecule has 0 aliphatic heterocycles. The van der Waals surface area contributed by atoms with Gasteiger partial charge in [-0.15, -0.1) is 0 Å². The fourth-order valence-corrected chi connectivity index (χ4v) is 3.26. The first kappa shape index (κ1) is 28.2. The highest BCUT2D eigenvalue weighted by molar-refractivity contribution is 6.00. The molecule has 194 valence electrons. The number of amides is 2. The maximum absolute atomic E-state index is 12.0. The van der Waals surface area contributed by atoms with Crippen molar-refractivity contribution in [2.75, 3.05) is 14.2 Å². The normalized spacial score (nSPS) is 11.7. The van der Waals surface area contributed by atoms with E-state index in [1.54, 1.807) is 38.1 Å². The van der Waals surface area contributed by atoms with E-state index >= 15 is 0 Å². The average molecular weight is 499 g/mol. The molecule has 0 fully saturated rings. The van der Waals surface area contributed by atoms with Crippen molar-refractivity contribution in [2.45, 2.75) is 52.4 Å². The number of hydrogen-bond donors (Lipinski definition) is 4. The Balaban J connectivity index is 1.64. The molecule has 0 heterocycles. The third-order valence-electron chi connectivity index (χ3n) is 5.45. The second-order valence-electron chi connectivity index (χ2n) is 8.15. The second kappa shape index (κ2) is 14.3. The van der Waals surface area contributed by atoms with Crippen LogP contribution in [0.4, 0.5) is 0 Å². The van der Waals surface area contributed by atoms with E-state index in [2.05, 4.69) is 21.1 Å². The zero-order chi connectivity index (χ0) is 26.5. The van der Waals surface area contributed by atoms with Crippen molar-refractivity contribution in [1.82, 2.24) is 10.9 Å². The third-order valence-corrected chi connectivity index (χ3v) is 5.45. The molecule has 0 unspecified atom stereocenters. The summed E-state index contributed by atoms with van der Waals surface area (Å²) in [4.78, 5) is 24.1. The number of rotatable bonds is 13. The van der Waals surface area contributed by atoms with Crippen LogP contribution in [0.2, 0.25) is 0 Å². The number of methoxy groups -OCH3 is 2. The zero-order valence-electron chi connectivity index (χ0n) is 21.1. The van der Waals surface area contributed by atoms with Gasteiger partial charge in [0.05, 0.1) is 25.6 Å². The lowest BCUT2D eigenvalue weighted by Gasteiger charge is -2.07. The van der Waals surface area contributed by atoms with Gasteiger partial charge in [0.25, 0.3) is 0 Å². The molecule has 0 saturated carbocycles. The summed E-state index contributed by atoms with van der Waals surface area (Å²) in [6, 6.07) is 9.69. The van der Waals surface area contributed by atoms with E-state index in [0.29, 0.717) is 48.6 Å². The van der Waals surface area contributed by atoms with Gasteiger partial charge in [0.15, 0.2) is 23.0 Å². The summed E-state index contributed by atoms with van der Waals surface area (Å²) >= 11 is 0. The lowest BCUT2D eigenvalue weighted by Crippen LogP contribution is -2.19. The Labute approximate surface area is 211 Å². The third kappa shape index (κ3) is 8.94. The standard InChI is InChI=1S/C26H34N4O6/c1-17(19-11-13-21(31)23(15-19)35-3)27-29-25(33)9-7-5-6-8-10-26(34)30-28-18(2)20-12-14-22(32)24(16-20)36-4/h11-16,31-32H,5-10H2,1-4H3,(H,29,33)(H,30,34)/b27-17+,28-18+. The number of nitrogens with zero attached hydrogens (tertiary/aromatic N) is 2. The van der Waals surface area contributed by atoms with Gasteiger partial charge in [0.2, 0.25) is 11.8 Å². The minimum absolute atomic E-state index is 0.0357. The predicted molar refractivity (Wildman–Crippen MR) is 138 cm³/mol. The van der Waals surface area contributed by atoms with E-state index in [0.717, 1.165) is 24.0 Å². The molecule has 0 bridgehead atoms. The van der Waals surface area contributed by atoms with E-state index in [-0.39, 0.29) is 23.3 Å². The minimum Gasteiger partial charge on any atom is -0.504 e. The second-order valence-corrected chi connectivity index (χ2v) is 8.15.